The molecule has 0 amide bonds. The van der Waals surface area contributed by atoms with Crippen LogP contribution < -0.4 is 46.8 Å². The highest BCUT2D eigenvalue weighted by Crippen LogP contribution is 2.54. The van der Waals surface area contributed by atoms with Gasteiger partial charge < -0.3 is 36.0 Å². The number of unbranched alkanes of at least 4 members (excludes halogenated alkanes) is 6. The molecule has 0 heterocycles. The molecule has 4 nitrogen and oxygen atoms in total. The fraction of sp³-hybridized carbons (Fsp3) is 0.407. The van der Waals surface area contributed by atoms with Crippen molar-refractivity contribution in [3.63, 3.8) is 0 Å². The molecule has 5 aromatic rings. The molecule has 0 saturated carbocycles. The van der Waals surface area contributed by atoms with Crippen molar-refractivity contribution in [1.82, 2.24) is 0 Å². The largest absolute Gasteiger partial charge is 1.00 e. The summed E-state index contributed by atoms with van der Waals surface area (Å²) in [5, 5.41) is 13.9. The zero-order valence-corrected chi connectivity index (χ0v) is 42.3. The lowest BCUT2D eigenvalue weighted by Gasteiger charge is -2.37. The van der Waals surface area contributed by atoms with E-state index in [0.717, 1.165) is 22.6 Å². The number of allylic oxidation sites excluding steroid dienone is 1. The monoisotopic (exact) mass is 924 g/mol. The van der Waals surface area contributed by atoms with Gasteiger partial charge in [-0.1, -0.05) is 158 Å². The molecule has 5 aromatic carbocycles. The van der Waals surface area contributed by atoms with Gasteiger partial charge in [-0.15, -0.1) is 0 Å². The van der Waals surface area contributed by atoms with E-state index in [2.05, 4.69) is 170 Å². The summed E-state index contributed by atoms with van der Waals surface area (Å²) in [5.41, 5.74) is 3.48. The smallest absolute Gasteiger partial charge is 0.250 e. The van der Waals surface area contributed by atoms with Crippen molar-refractivity contribution in [2.45, 2.75) is 118 Å². The molecule has 0 saturated heterocycles. The number of phenolic OH excluding ortho intramolecular Hbond substituents is 1. The van der Waals surface area contributed by atoms with Crippen LogP contribution in [-0.4, -0.2) is 33.3 Å². The molecule has 1 N–H and O–H groups in total. The van der Waals surface area contributed by atoms with E-state index in [9.17, 15) is 5.11 Å². The maximum atomic E-state index is 9.71. The van der Waals surface area contributed by atoms with Gasteiger partial charge in [0.1, 0.15) is 28.9 Å². The number of aromatic hydroxyl groups is 1. The number of rotatable bonds is 20. The van der Waals surface area contributed by atoms with Crippen LogP contribution in [0.5, 0.6) is 23.0 Å². The topological polar surface area (TPSA) is 47.9 Å². The molecular weight excluding hydrogens is 852 g/mol. The minimum atomic E-state index is -2.01. The lowest BCUT2D eigenvalue weighted by atomic mass is 10.0. The molecule has 1 atom stereocenters. The molecule has 5 rings (SSSR count). The van der Waals surface area contributed by atoms with Gasteiger partial charge in [0.2, 0.25) is 0 Å². The van der Waals surface area contributed by atoms with Crippen LogP contribution >= 0.6 is 7.26 Å². The van der Waals surface area contributed by atoms with Crippen LogP contribution in [0.25, 0.3) is 17.2 Å². The Kier molecular flexibility index (Phi) is 21.4. The van der Waals surface area contributed by atoms with E-state index >= 15 is 0 Å². The molecule has 0 spiro atoms. The second kappa shape index (κ2) is 25.3. The fourth-order valence-corrected chi connectivity index (χ4v) is 11.6. The van der Waals surface area contributed by atoms with Crippen LogP contribution in [0, 0.1) is 5.92 Å². The maximum Gasteiger partial charge on any atom is 0.250 e. The summed E-state index contributed by atoms with van der Waals surface area (Å²) in [5.74, 6) is 3.03. The molecule has 0 aromatic heterocycles. The van der Waals surface area contributed by atoms with Crippen LogP contribution in [0.2, 0.25) is 18.1 Å². The summed E-state index contributed by atoms with van der Waals surface area (Å²) >= 11 is 0. The normalized spacial score (nSPS) is 12.2. The Balaban J connectivity index is 0.000000358. The molecule has 1 unspecified atom stereocenters. The number of hydrogen-bond acceptors (Lipinski definition) is 4. The Morgan fingerprint density at radius 2 is 1.21 bits per heavy atom. The van der Waals surface area contributed by atoms with Gasteiger partial charge in [0.15, 0.2) is 17.2 Å². The van der Waals surface area contributed by atoms with E-state index in [-0.39, 0.29) is 27.8 Å². The van der Waals surface area contributed by atoms with Gasteiger partial charge in [0.05, 0.1) is 19.9 Å². The Labute approximate surface area is 382 Å². The van der Waals surface area contributed by atoms with E-state index in [0.29, 0.717) is 24.9 Å². The molecule has 61 heavy (non-hydrogen) atoms. The Morgan fingerprint density at radius 1 is 0.656 bits per heavy atom. The summed E-state index contributed by atoms with van der Waals surface area (Å²) in [4.78, 5) is 0. The summed E-state index contributed by atoms with van der Waals surface area (Å²) in [6.07, 6.45) is 15.2. The lowest BCUT2D eigenvalue weighted by molar-refractivity contribution is -0.0000151. The van der Waals surface area contributed by atoms with Gasteiger partial charge >= 0.3 is 0 Å². The van der Waals surface area contributed by atoms with E-state index in [4.69, 9.17) is 13.9 Å². The lowest BCUT2D eigenvalue weighted by Crippen LogP contribution is -3.00. The second-order valence-electron chi connectivity index (χ2n) is 17.6. The highest BCUT2D eigenvalue weighted by atomic mass is 79.9. The molecule has 7 heteroatoms. The second-order valence-corrected chi connectivity index (χ2v) is 25.8. The van der Waals surface area contributed by atoms with Gasteiger partial charge in [-0.2, -0.15) is 0 Å². The first kappa shape index (κ1) is 51.5. The molecule has 0 bridgehead atoms. The average molecular weight is 926 g/mol. The van der Waals surface area contributed by atoms with Gasteiger partial charge in [0.25, 0.3) is 8.32 Å². The zero-order valence-electron chi connectivity index (χ0n) is 38.8. The van der Waals surface area contributed by atoms with Crippen LogP contribution in [-0.2, 0) is 0 Å². The number of phenols is 1. The van der Waals surface area contributed by atoms with Crippen LogP contribution in [0.3, 0.4) is 0 Å². The molecule has 0 fully saturated rings. The maximum absolute atomic E-state index is 9.71. The van der Waals surface area contributed by atoms with Gasteiger partial charge in [-0.05, 0) is 110 Å². The number of halogens is 1. The van der Waals surface area contributed by atoms with Gasteiger partial charge in [-0.3, -0.25) is 0 Å². The Bertz CT molecular complexity index is 2000. The minimum absolute atomic E-state index is 0. The average Bonchev–Trinajstić information content (AvgIpc) is 3.24. The third-order valence-corrected chi connectivity index (χ3v) is 20.2. The first-order valence-corrected chi connectivity index (χ1v) is 27.6. The number of ether oxygens (including phenoxy) is 2. The first-order valence-electron chi connectivity index (χ1n) is 22.4. The summed E-state index contributed by atoms with van der Waals surface area (Å²) in [7, 11) is -3.90. The number of hydrogen-bond donors (Lipinski definition) is 1. The standard InChI is InChI=1S/C33H40O2PSi.C21H34O2.BrH/c1-8-34-31-25-26(23-24-30(31)35-37(6,7)33(2,3)4)29-21-15-16-22-32(29)36(5,27-17-11-9-12-18-27)28-19-13-10-14-20-28;1-4-6-7-8-9-10-11-12-18(3)13-14-19-15-16-20(22)21(17-19)23-5-2;/h9-25H,8H2,1-7H3;13-18,22H,4-12H2,1-3H3;1H/q+1;;/p-1. The van der Waals surface area contributed by atoms with Crippen molar-refractivity contribution in [3.8, 4) is 34.1 Å². The highest BCUT2D eigenvalue weighted by Gasteiger charge is 2.42. The third kappa shape index (κ3) is 14.9. The predicted octanol–water partition coefficient (Wildman–Crippen LogP) is 11.6. The SMILES string of the molecule is CCCCCCCCCC(C)C=Cc1ccc(O)c(OCC)c1.CCOc1cc(-c2ccccc2[P+](C)(c2ccccc2)c2ccccc2)ccc1O[Si](C)(C)C(C)(C)C.[Br-]. The third-order valence-electron chi connectivity index (χ3n) is 11.8. The molecule has 330 valence electrons. The van der Waals surface area contributed by atoms with Crippen molar-refractivity contribution in [2.75, 3.05) is 19.9 Å². The molecule has 0 aliphatic rings. The van der Waals surface area contributed by atoms with E-state index in [1.807, 2.05) is 26.0 Å². The first-order chi connectivity index (χ1) is 28.7. The van der Waals surface area contributed by atoms with Crippen molar-refractivity contribution >= 4 is 37.6 Å². The molecule has 0 aliphatic carbocycles. The van der Waals surface area contributed by atoms with Crippen molar-refractivity contribution < 1.29 is 36.0 Å². The van der Waals surface area contributed by atoms with Crippen molar-refractivity contribution in [3.05, 3.63) is 133 Å². The van der Waals surface area contributed by atoms with Crippen LogP contribution in [0.15, 0.2) is 127 Å². The van der Waals surface area contributed by atoms with Crippen molar-refractivity contribution in [2.24, 2.45) is 5.92 Å². The predicted molar refractivity (Wildman–Crippen MR) is 266 cm³/mol. The van der Waals surface area contributed by atoms with E-state index in [1.165, 1.54) is 72.8 Å². The summed E-state index contributed by atoms with van der Waals surface area (Å²) in [6.45, 7) is 23.4. The van der Waals surface area contributed by atoms with Gasteiger partial charge in [-0.25, -0.2) is 0 Å². The molecule has 0 aliphatic heterocycles. The highest BCUT2D eigenvalue weighted by molar-refractivity contribution is 7.95. The van der Waals surface area contributed by atoms with Gasteiger partial charge in [0, 0.05) is 5.56 Å². The van der Waals surface area contributed by atoms with Crippen LogP contribution in [0.4, 0.5) is 0 Å². The fourth-order valence-electron chi connectivity index (χ4n) is 7.14. The Hall–Kier alpha value is -3.83. The van der Waals surface area contributed by atoms with Crippen LogP contribution in [0.1, 0.15) is 105 Å². The summed E-state index contributed by atoms with van der Waals surface area (Å²) in [6, 6.07) is 42.8. The quantitative estimate of drug-likeness (QED) is 0.0480. The number of benzene rings is 5. The molecular formula is C54H74BrO4PSi. The van der Waals surface area contributed by atoms with Crippen molar-refractivity contribution in [1.29, 1.82) is 0 Å². The Morgan fingerprint density at radius 3 is 1.80 bits per heavy atom. The van der Waals surface area contributed by atoms with E-state index < -0.39 is 15.6 Å². The minimum Gasteiger partial charge on any atom is -1.00 e. The summed E-state index contributed by atoms with van der Waals surface area (Å²) < 4.78 is 18.3. The van der Waals surface area contributed by atoms with E-state index in [1.54, 1.807) is 6.07 Å². The zero-order chi connectivity index (χ0) is 43.6. The molecule has 0 radical (unpaired) electrons.